The van der Waals surface area contributed by atoms with E-state index in [1.807, 2.05) is 24.3 Å². The van der Waals surface area contributed by atoms with Gasteiger partial charge in [0.15, 0.2) is 0 Å². The number of carbonyl (C=O) groups is 2. The van der Waals surface area contributed by atoms with Gasteiger partial charge in [0.05, 0.1) is 6.10 Å². The van der Waals surface area contributed by atoms with Crippen molar-refractivity contribution in [3.05, 3.63) is 24.3 Å². The van der Waals surface area contributed by atoms with Crippen LogP contribution in [0.15, 0.2) is 24.3 Å². The number of benzene rings is 1. The predicted octanol–water partition coefficient (Wildman–Crippen LogP) is 1.70. The largest absolute Gasteiger partial charge is 0.376 e. The average Bonchev–Trinajstić information content (AvgIpc) is 3.21. The number of ether oxygens (including phenoxy) is 1. The third kappa shape index (κ3) is 5.02. The minimum atomic E-state index is -1.16. The van der Waals surface area contributed by atoms with Gasteiger partial charge in [-0.25, -0.2) is 0 Å². The third-order valence-corrected chi connectivity index (χ3v) is 5.64. The van der Waals surface area contributed by atoms with E-state index in [0.29, 0.717) is 12.2 Å². The van der Waals surface area contributed by atoms with E-state index in [-0.39, 0.29) is 17.9 Å². The number of hydrogen-bond donors (Lipinski definition) is 2. The van der Waals surface area contributed by atoms with E-state index in [1.54, 1.807) is 13.8 Å². The van der Waals surface area contributed by atoms with Crippen molar-refractivity contribution in [1.29, 1.82) is 0 Å². The molecule has 2 aliphatic rings. The third-order valence-electron chi connectivity index (χ3n) is 5.64. The molecule has 1 unspecified atom stereocenters. The molecule has 1 atom stereocenters. The molecule has 2 N–H and O–H groups in total. The molecular weight excluding hydrogens is 356 g/mol. The van der Waals surface area contributed by atoms with Crippen LogP contribution in [0.2, 0.25) is 0 Å². The Morgan fingerprint density at radius 3 is 2.39 bits per heavy atom. The van der Waals surface area contributed by atoms with Gasteiger partial charge in [-0.2, -0.15) is 0 Å². The van der Waals surface area contributed by atoms with Crippen molar-refractivity contribution in [2.24, 2.45) is 5.41 Å². The van der Waals surface area contributed by atoms with Crippen LogP contribution in [0.5, 0.6) is 0 Å². The zero-order valence-corrected chi connectivity index (χ0v) is 17.2. The summed E-state index contributed by atoms with van der Waals surface area (Å²) >= 11 is 0. The smallest absolute Gasteiger partial charge is 0.239 e. The minimum absolute atomic E-state index is 0.0601. The van der Waals surface area contributed by atoms with Crippen molar-refractivity contribution < 1.29 is 14.3 Å². The Bertz CT molecular complexity index is 675. The molecule has 0 radical (unpaired) electrons. The Kier molecular flexibility index (Phi) is 6.57. The van der Waals surface area contributed by atoms with Crippen LogP contribution < -0.4 is 15.5 Å². The number of hydrogen-bond acceptors (Lipinski definition) is 5. The maximum atomic E-state index is 12.7. The van der Waals surface area contributed by atoms with E-state index in [4.69, 9.17) is 4.74 Å². The normalized spacial score (nSPS) is 20.8. The number of nitrogens with one attached hydrogen (secondary N) is 2. The predicted molar refractivity (Wildman–Crippen MR) is 111 cm³/mol. The molecule has 2 aliphatic heterocycles. The van der Waals surface area contributed by atoms with E-state index in [9.17, 15) is 9.59 Å². The highest BCUT2D eigenvalue weighted by molar-refractivity contribution is 6.09. The fourth-order valence-electron chi connectivity index (χ4n) is 3.44. The van der Waals surface area contributed by atoms with Crippen molar-refractivity contribution in [3.8, 4) is 0 Å². The second-order valence-electron chi connectivity index (χ2n) is 8.26. The van der Waals surface area contributed by atoms with E-state index >= 15 is 0 Å². The van der Waals surface area contributed by atoms with Gasteiger partial charge in [0.1, 0.15) is 5.41 Å². The van der Waals surface area contributed by atoms with Crippen molar-refractivity contribution in [2.45, 2.75) is 32.8 Å². The number of anilines is 2. The van der Waals surface area contributed by atoms with Gasteiger partial charge in [0.25, 0.3) is 0 Å². The summed E-state index contributed by atoms with van der Waals surface area (Å²) in [5.74, 6) is -0.598. The Morgan fingerprint density at radius 2 is 1.79 bits per heavy atom. The summed E-state index contributed by atoms with van der Waals surface area (Å²) in [5, 5.41) is 5.72. The zero-order valence-electron chi connectivity index (χ0n) is 17.2. The maximum absolute atomic E-state index is 12.7. The maximum Gasteiger partial charge on any atom is 0.239 e. The molecule has 0 spiro atoms. The van der Waals surface area contributed by atoms with Gasteiger partial charge in [-0.1, -0.05) is 0 Å². The van der Waals surface area contributed by atoms with E-state index in [2.05, 4.69) is 27.5 Å². The van der Waals surface area contributed by atoms with Gasteiger partial charge in [-0.3, -0.25) is 9.59 Å². The van der Waals surface area contributed by atoms with E-state index < -0.39 is 5.41 Å². The van der Waals surface area contributed by atoms with Crippen LogP contribution in [0.25, 0.3) is 0 Å². The molecule has 2 heterocycles. The molecule has 7 heteroatoms. The average molecular weight is 389 g/mol. The fourth-order valence-corrected chi connectivity index (χ4v) is 3.44. The Labute approximate surface area is 167 Å². The molecule has 2 fully saturated rings. The van der Waals surface area contributed by atoms with Crippen LogP contribution in [0, 0.1) is 5.41 Å². The quantitative estimate of drug-likeness (QED) is 0.726. The molecule has 3 rings (SSSR count). The van der Waals surface area contributed by atoms with Crippen LogP contribution in [-0.2, 0) is 14.3 Å². The molecule has 1 aromatic carbocycles. The summed E-state index contributed by atoms with van der Waals surface area (Å²) in [4.78, 5) is 29.8. The van der Waals surface area contributed by atoms with Crippen LogP contribution in [-0.4, -0.2) is 69.2 Å². The summed E-state index contributed by atoms with van der Waals surface area (Å²) in [6.07, 6.45) is 2.03. The van der Waals surface area contributed by atoms with Crippen LogP contribution in [0.1, 0.15) is 26.7 Å². The summed E-state index contributed by atoms with van der Waals surface area (Å²) in [6.45, 7) is 8.59. The Morgan fingerprint density at radius 1 is 1.11 bits per heavy atom. The molecule has 1 aromatic rings. The van der Waals surface area contributed by atoms with Crippen molar-refractivity contribution in [2.75, 3.05) is 56.6 Å². The van der Waals surface area contributed by atoms with Gasteiger partial charge in [-0.05, 0) is 58.0 Å². The van der Waals surface area contributed by atoms with Crippen LogP contribution in [0.4, 0.5) is 11.4 Å². The molecule has 0 aromatic heterocycles. The SMILES string of the molecule is CN1CCN(c2ccc(NC(=O)C(C)(C)C(=O)NCC3CCCO3)cc2)CC1. The molecule has 2 saturated heterocycles. The molecule has 2 amide bonds. The van der Waals surface area contributed by atoms with Gasteiger partial charge in [-0.15, -0.1) is 0 Å². The first-order valence-corrected chi connectivity index (χ1v) is 10.1. The molecule has 0 aliphatic carbocycles. The van der Waals surface area contributed by atoms with Crippen molar-refractivity contribution in [3.63, 3.8) is 0 Å². The second kappa shape index (κ2) is 8.92. The molecular formula is C21H32N4O3. The van der Waals surface area contributed by atoms with Crippen LogP contribution >= 0.6 is 0 Å². The standard InChI is InChI=1S/C21H32N4O3/c1-21(2,19(26)22-15-18-5-4-14-28-18)20(27)23-16-6-8-17(9-7-16)25-12-10-24(3)11-13-25/h6-9,18H,4-5,10-15H2,1-3H3,(H,22,26)(H,23,27). The number of carbonyl (C=O) groups excluding carboxylic acids is 2. The monoisotopic (exact) mass is 388 g/mol. The molecule has 0 saturated carbocycles. The first-order valence-electron chi connectivity index (χ1n) is 10.1. The highest BCUT2D eigenvalue weighted by Gasteiger charge is 2.36. The summed E-state index contributed by atoms with van der Waals surface area (Å²) in [6, 6.07) is 7.83. The lowest BCUT2D eigenvalue weighted by Crippen LogP contribution is -2.47. The molecule has 28 heavy (non-hydrogen) atoms. The minimum Gasteiger partial charge on any atom is -0.376 e. The van der Waals surface area contributed by atoms with Crippen molar-refractivity contribution >= 4 is 23.2 Å². The lowest BCUT2D eigenvalue weighted by atomic mass is 9.90. The zero-order chi connectivity index (χ0) is 20.1. The van der Waals surface area contributed by atoms with E-state index in [0.717, 1.165) is 51.3 Å². The molecule has 0 bridgehead atoms. The topological polar surface area (TPSA) is 73.9 Å². The number of rotatable bonds is 6. The molecule has 154 valence electrons. The fraction of sp³-hybridized carbons (Fsp3) is 0.619. The Balaban J connectivity index is 1.53. The first-order chi connectivity index (χ1) is 13.4. The number of likely N-dealkylation sites (N-methyl/N-ethyl adjacent to an activating group) is 1. The van der Waals surface area contributed by atoms with E-state index in [1.165, 1.54) is 0 Å². The number of piperazine rings is 1. The lowest BCUT2D eigenvalue weighted by molar-refractivity contribution is -0.138. The van der Waals surface area contributed by atoms with Gasteiger partial charge in [0.2, 0.25) is 11.8 Å². The molecule has 7 nitrogen and oxygen atoms in total. The first kappa shape index (κ1) is 20.6. The van der Waals surface area contributed by atoms with Crippen LogP contribution in [0.3, 0.4) is 0 Å². The Hall–Kier alpha value is -2.12. The van der Waals surface area contributed by atoms with Gasteiger partial charge in [0, 0.05) is 50.7 Å². The summed E-state index contributed by atoms with van der Waals surface area (Å²) < 4.78 is 5.52. The van der Waals surface area contributed by atoms with Crippen molar-refractivity contribution in [1.82, 2.24) is 10.2 Å². The number of nitrogens with zero attached hydrogens (tertiary/aromatic N) is 2. The number of amides is 2. The summed E-state index contributed by atoms with van der Waals surface area (Å²) in [5.41, 5.74) is 0.692. The second-order valence-corrected chi connectivity index (χ2v) is 8.26. The summed E-state index contributed by atoms with van der Waals surface area (Å²) in [7, 11) is 2.13. The van der Waals surface area contributed by atoms with Gasteiger partial charge < -0.3 is 25.2 Å². The highest BCUT2D eigenvalue weighted by atomic mass is 16.5. The van der Waals surface area contributed by atoms with Gasteiger partial charge >= 0.3 is 0 Å². The highest BCUT2D eigenvalue weighted by Crippen LogP contribution is 2.23. The lowest BCUT2D eigenvalue weighted by Gasteiger charge is -2.34.